The van der Waals surface area contributed by atoms with E-state index >= 15 is 0 Å². The zero-order valence-electron chi connectivity index (χ0n) is 21.6. The van der Waals surface area contributed by atoms with Gasteiger partial charge in [-0.15, -0.1) is 11.3 Å². The van der Waals surface area contributed by atoms with E-state index in [9.17, 15) is 4.79 Å². The first-order valence-corrected chi connectivity index (χ1v) is 13.5. The minimum absolute atomic E-state index is 0.0357. The third kappa shape index (κ3) is 5.99. The maximum atomic E-state index is 13.0. The van der Waals surface area contributed by atoms with Crippen molar-refractivity contribution in [2.75, 3.05) is 34.1 Å². The fourth-order valence-corrected chi connectivity index (χ4v) is 5.54. The van der Waals surface area contributed by atoms with Crippen molar-refractivity contribution in [2.24, 2.45) is 5.92 Å². The Morgan fingerprint density at radius 3 is 2.65 bits per heavy atom. The number of hydrogen-bond acceptors (Lipinski definition) is 8. The van der Waals surface area contributed by atoms with Crippen molar-refractivity contribution in [1.82, 2.24) is 14.8 Å². The average Bonchev–Trinajstić information content (AvgIpc) is 3.58. The molecule has 2 aliphatic heterocycles. The van der Waals surface area contributed by atoms with Gasteiger partial charge in [-0.25, -0.2) is 4.98 Å². The van der Waals surface area contributed by atoms with Crippen LogP contribution in [0, 0.1) is 5.92 Å². The molecule has 0 unspecified atom stereocenters. The lowest BCUT2D eigenvalue weighted by molar-refractivity contribution is 0.0691. The van der Waals surface area contributed by atoms with Gasteiger partial charge in [-0.05, 0) is 42.5 Å². The summed E-state index contributed by atoms with van der Waals surface area (Å²) in [5.41, 5.74) is 2.69. The maximum Gasteiger partial charge on any atom is 0.273 e. The topological polar surface area (TPSA) is 73.4 Å². The number of amides is 1. The monoisotopic (exact) mass is 523 g/mol. The summed E-state index contributed by atoms with van der Waals surface area (Å²) in [6.45, 7) is 6.00. The molecule has 0 bridgehead atoms. The van der Waals surface area contributed by atoms with Crippen LogP contribution in [0.25, 0.3) is 0 Å². The Kier molecular flexibility index (Phi) is 7.81. The Hall–Kier alpha value is -3.30. The van der Waals surface area contributed by atoms with Crippen LogP contribution in [0.5, 0.6) is 23.0 Å². The second-order valence-corrected chi connectivity index (χ2v) is 10.6. The van der Waals surface area contributed by atoms with Crippen LogP contribution < -0.4 is 18.9 Å². The number of rotatable bonds is 9. The molecule has 1 amide bonds. The summed E-state index contributed by atoms with van der Waals surface area (Å²) in [6, 6.07) is 11.9. The smallest absolute Gasteiger partial charge is 0.273 e. The molecule has 8 nitrogen and oxygen atoms in total. The Labute approximate surface area is 221 Å². The number of ether oxygens (including phenoxy) is 4. The molecule has 0 N–H and O–H groups in total. The highest BCUT2D eigenvalue weighted by atomic mass is 32.1. The van der Waals surface area contributed by atoms with Crippen molar-refractivity contribution in [3.63, 3.8) is 0 Å². The van der Waals surface area contributed by atoms with Crippen molar-refractivity contribution in [2.45, 2.75) is 39.4 Å². The summed E-state index contributed by atoms with van der Waals surface area (Å²) in [4.78, 5) is 22.0. The zero-order valence-corrected chi connectivity index (χ0v) is 22.4. The third-order valence-electron chi connectivity index (χ3n) is 6.93. The minimum atomic E-state index is 0.0357. The van der Waals surface area contributed by atoms with E-state index in [0.717, 1.165) is 65.1 Å². The highest BCUT2D eigenvalue weighted by Gasteiger charge is 2.24. The van der Waals surface area contributed by atoms with Gasteiger partial charge in [-0.2, -0.15) is 0 Å². The molecule has 0 saturated carbocycles. The van der Waals surface area contributed by atoms with Crippen LogP contribution in [0.3, 0.4) is 0 Å². The Morgan fingerprint density at radius 2 is 1.86 bits per heavy atom. The fraction of sp³-hybridized carbons (Fsp3) is 0.429. The van der Waals surface area contributed by atoms with Gasteiger partial charge in [-0.3, -0.25) is 9.69 Å². The van der Waals surface area contributed by atoms with Crippen molar-refractivity contribution in [1.29, 1.82) is 0 Å². The first kappa shape index (κ1) is 25.4. The van der Waals surface area contributed by atoms with Crippen LogP contribution in [0.2, 0.25) is 0 Å². The first-order chi connectivity index (χ1) is 18.0. The molecule has 2 aliphatic rings. The SMILES string of the molecule is COc1ccc(CN(Cc2ccc3c(c2)OCO3)Cc2nc(C(=O)N3CCC(C)CC3)cs2)c(OC)c1. The summed E-state index contributed by atoms with van der Waals surface area (Å²) < 4.78 is 22.1. The van der Waals surface area contributed by atoms with Crippen LogP contribution >= 0.6 is 11.3 Å². The average molecular weight is 524 g/mol. The maximum absolute atomic E-state index is 13.0. The second-order valence-electron chi connectivity index (χ2n) is 9.61. The van der Waals surface area contributed by atoms with Crippen LogP contribution in [0.15, 0.2) is 41.8 Å². The predicted octanol–water partition coefficient (Wildman–Crippen LogP) is 4.96. The van der Waals surface area contributed by atoms with E-state index in [1.54, 1.807) is 14.2 Å². The molecule has 0 atom stereocenters. The molecule has 0 aliphatic carbocycles. The van der Waals surface area contributed by atoms with Crippen molar-refractivity contribution < 1.29 is 23.7 Å². The molecule has 1 saturated heterocycles. The fourth-order valence-electron chi connectivity index (χ4n) is 4.74. The van der Waals surface area contributed by atoms with Gasteiger partial charge in [0.25, 0.3) is 5.91 Å². The number of fused-ring (bicyclic) bond motifs is 1. The molecule has 1 fully saturated rings. The number of piperidine rings is 1. The molecule has 0 spiro atoms. The third-order valence-corrected chi connectivity index (χ3v) is 7.77. The predicted molar refractivity (Wildman–Crippen MR) is 141 cm³/mol. The normalized spacial score (nSPS) is 15.3. The van der Waals surface area contributed by atoms with Crippen LogP contribution in [0.1, 0.15) is 46.4 Å². The standard InChI is InChI=1S/C28H33N3O5S/c1-19-8-10-31(11-9-19)28(32)23-17-37-27(29-23)16-30(14-20-4-7-24-26(12-20)36-18-35-24)15-21-5-6-22(33-2)13-25(21)34-3/h4-7,12-13,17,19H,8-11,14-16,18H2,1-3H3. The molecule has 2 aromatic carbocycles. The molecular formula is C28H33N3O5S. The van der Waals surface area contributed by atoms with E-state index in [1.807, 2.05) is 40.6 Å². The van der Waals surface area contributed by atoms with Gasteiger partial charge in [0, 0.05) is 43.2 Å². The van der Waals surface area contributed by atoms with E-state index in [1.165, 1.54) is 11.3 Å². The molecule has 3 aromatic rings. The number of carbonyl (C=O) groups excluding carboxylic acids is 1. The molecule has 3 heterocycles. The van der Waals surface area contributed by atoms with Crippen molar-refractivity contribution in [3.05, 3.63) is 63.6 Å². The highest BCUT2D eigenvalue weighted by Crippen LogP contribution is 2.34. The highest BCUT2D eigenvalue weighted by molar-refractivity contribution is 7.09. The van der Waals surface area contributed by atoms with E-state index in [2.05, 4.69) is 17.9 Å². The number of benzene rings is 2. The van der Waals surface area contributed by atoms with E-state index in [0.29, 0.717) is 31.2 Å². The van der Waals surface area contributed by atoms with E-state index in [-0.39, 0.29) is 12.7 Å². The lowest BCUT2D eigenvalue weighted by Crippen LogP contribution is -2.38. The van der Waals surface area contributed by atoms with E-state index in [4.69, 9.17) is 23.9 Å². The molecule has 5 rings (SSSR count). The van der Waals surface area contributed by atoms with Gasteiger partial charge in [-0.1, -0.05) is 19.1 Å². The number of nitrogens with zero attached hydrogens (tertiary/aromatic N) is 3. The number of thiazole rings is 1. The summed E-state index contributed by atoms with van der Waals surface area (Å²) in [5, 5.41) is 2.80. The molecule has 196 valence electrons. The summed E-state index contributed by atoms with van der Waals surface area (Å²) in [7, 11) is 3.31. The number of methoxy groups -OCH3 is 2. The molecule has 1 aromatic heterocycles. The Morgan fingerprint density at radius 1 is 1.05 bits per heavy atom. The lowest BCUT2D eigenvalue weighted by atomic mass is 9.99. The number of carbonyl (C=O) groups is 1. The molecule has 37 heavy (non-hydrogen) atoms. The lowest BCUT2D eigenvalue weighted by Gasteiger charge is -2.29. The molecular weight excluding hydrogens is 490 g/mol. The number of hydrogen-bond donors (Lipinski definition) is 0. The molecule has 0 radical (unpaired) electrons. The van der Waals surface area contributed by atoms with Crippen LogP contribution in [-0.2, 0) is 19.6 Å². The Balaban J connectivity index is 1.35. The van der Waals surface area contributed by atoms with Gasteiger partial charge >= 0.3 is 0 Å². The number of likely N-dealkylation sites (tertiary alicyclic amines) is 1. The summed E-state index contributed by atoms with van der Waals surface area (Å²) in [5.74, 6) is 3.76. The quantitative estimate of drug-likeness (QED) is 0.392. The van der Waals surface area contributed by atoms with E-state index < -0.39 is 0 Å². The van der Waals surface area contributed by atoms with Gasteiger partial charge in [0.1, 0.15) is 22.2 Å². The van der Waals surface area contributed by atoms with Crippen LogP contribution in [0.4, 0.5) is 0 Å². The van der Waals surface area contributed by atoms with Gasteiger partial charge in [0.15, 0.2) is 11.5 Å². The Bertz CT molecular complexity index is 1240. The summed E-state index contributed by atoms with van der Waals surface area (Å²) >= 11 is 1.53. The summed E-state index contributed by atoms with van der Waals surface area (Å²) in [6.07, 6.45) is 2.10. The first-order valence-electron chi connectivity index (χ1n) is 12.6. The van der Waals surface area contributed by atoms with Crippen molar-refractivity contribution >= 4 is 17.2 Å². The number of aromatic nitrogens is 1. The largest absolute Gasteiger partial charge is 0.497 e. The minimum Gasteiger partial charge on any atom is -0.497 e. The zero-order chi connectivity index (χ0) is 25.8. The van der Waals surface area contributed by atoms with Crippen LogP contribution in [-0.4, -0.2) is 54.8 Å². The van der Waals surface area contributed by atoms with Gasteiger partial charge in [0.05, 0.1) is 20.8 Å². The second kappa shape index (κ2) is 11.4. The molecule has 9 heteroatoms. The van der Waals surface area contributed by atoms with Gasteiger partial charge in [0.2, 0.25) is 6.79 Å². The van der Waals surface area contributed by atoms with Crippen molar-refractivity contribution in [3.8, 4) is 23.0 Å². The van der Waals surface area contributed by atoms with Gasteiger partial charge < -0.3 is 23.8 Å².